The van der Waals surface area contributed by atoms with Crippen LogP contribution in [0.3, 0.4) is 0 Å². The molecule has 3 N–H and O–H groups in total. The van der Waals surface area contributed by atoms with Gasteiger partial charge in [-0.1, -0.05) is 11.1 Å². The Morgan fingerprint density at radius 1 is 1.50 bits per heavy atom. The topological polar surface area (TPSA) is 112 Å². The maximum atomic E-state index is 13.2. The van der Waals surface area contributed by atoms with Crippen molar-refractivity contribution in [2.24, 2.45) is 0 Å². The van der Waals surface area contributed by atoms with Gasteiger partial charge in [-0.05, 0) is 31.9 Å². The summed E-state index contributed by atoms with van der Waals surface area (Å²) in [4.78, 5) is 30.8. The lowest BCUT2D eigenvalue weighted by atomic mass is 10.1. The van der Waals surface area contributed by atoms with E-state index in [0.717, 1.165) is 18.4 Å². The number of aryl methyl sites for hydroxylation is 1. The molecule has 1 aliphatic heterocycles. The first kappa shape index (κ1) is 20.2. The number of nitrogen functional groups attached to an aromatic ring is 1. The molecule has 0 aromatic carbocycles. The summed E-state index contributed by atoms with van der Waals surface area (Å²) in [7, 11) is 1.58. The Kier molecular flexibility index (Phi) is 5.65. The van der Waals surface area contributed by atoms with Gasteiger partial charge in [0.15, 0.2) is 0 Å². The van der Waals surface area contributed by atoms with E-state index in [1.54, 1.807) is 23.9 Å². The molecular formula is C21H26N5O4+. The summed E-state index contributed by atoms with van der Waals surface area (Å²) < 4.78 is 13.9. The number of fused-ring (bicyclic) bond motifs is 2. The van der Waals surface area contributed by atoms with Gasteiger partial charge in [0.25, 0.3) is 17.1 Å². The largest absolute Gasteiger partial charge is 0.381 e. The molecule has 1 fully saturated rings. The van der Waals surface area contributed by atoms with E-state index in [2.05, 4.69) is 5.32 Å². The Bertz CT molecular complexity index is 1170. The Morgan fingerprint density at radius 2 is 2.33 bits per heavy atom. The summed E-state index contributed by atoms with van der Waals surface area (Å²) in [5, 5.41) is 3.20. The highest BCUT2D eigenvalue weighted by molar-refractivity contribution is 6.00. The van der Waals surface area contributed by atoms with Crippen molar-refractivity contribution in [1.29, 1.82) is 0 Å². The van der Waals surface area contributed by atoms with Gasteiger partial charge in [0.05, 0.1) is 19.3 Å². The lowest BCUT2D eigenvalue weighted by Crippen LogP contribution is -2.44. The van der Waals surface area contributed by atoms with Crippen LogP contribution in [-0.2, 0) is 16.0 Å². The number of carbonyl (C=O) groups is 1. The summed E-state index contributed by atoms with van der Waals surface area (Å²) in [5.74, 6) is -0.0981. The minimum Gasteiger partial charge on any atom is -0.381 e. The predicted octanol–water partition coefficient (Wildman–Crippen LogP) is 0.581. The van der Waals surface area contributed by atoms with Crippen molar-refractivity contribution in [3.8, 4) is 0 Å². The molecule has 158 valence electrons. The molecule has 0 unspecified atom stereocenters. The third-order valence-electron chi connectivity index (χ3n) is 5.45. The van der Waals surface area contributed by atoms with Gasteiger partial charge in [-0.25, -0.2) is 4.57 Å². The van der Waals surface area contributed by atoms with Crippen LogP contribution in [0.2, 0.25) is 0 Å². The highest BCUT2D eigenvalue weighted by Gasteiger charge is 2.25. The Labute approximate surface area is 173 Å². The minimum atomic E-state index is -0.343. The first-order chi connectivity index (χ1) is 14.5. The number of rotatable bonds is 6. The fourth-order valence-corrected chi connectivity index (χ4v) is 3.81. The third kappa shape index (κ3) is 3.61. The van der Waals surface area contributed by atoms with Crippen LogP contribution in [0.4, 0.5) is 5.82 Å². The van der Waals surface area contributed by atoms with Gasteiger partial charge in [0.2, 0.25) is 11.5 Å². The van der Waals surface area contributed by atoms with E-state index in [1.807, 2.05) is 13.0 Å². The van der Waals surface area contributed by atoms with Crippen LogP contribution in [0.5, 0.6) is 0 Å². The van der Waals surface area contributed by atoms with Crippen LogP contribution in [0.1, 0.15) is 28.8 Å². The summed E-state index contributed by atoms with van der Waals surface area (Å²) in [6.45, 7) is 3.73. The summed E-state index contributed by atoms with van der Waals surface area (Å²) >= 11 is 0. The van der Waals surface area contributed by atoms with E-state index in [1.165, 1.54) is 10.5 Å². The Hall–Kier alpha value is -3.04. The normalized spacial score (nSPS) is 16.4. The van der Waals surface area contributed by atoms with E-state index >= 15 is 0 Å². The molecule has 0 aliphatic carbocycles. The number of hydrogen-bond donors (Lipinski definition) is 2. The molecule has 9 nitrogen and oxygen atoms in total. The monoisotopic (exact) mass is 412 g/mol. The van der Waals surface area contributed by atoms with Crippen molar-refractivity contribution in [2.75, 3.05) is 32.6 Å². The number of nitrogens with one attached hydrogen (secondary N) is 1. The standard InChI is InChI=1S/C21H25N5O4/c1-13-5-3-7-26-18(13)24-19-16(21(26)28)11-15(17(22)25(19)8-10-29-2)20(27)23-12-14-6-4-9-30-14/h3,5,7,11,14,22H,4,6,8-10,12H2,1-2H3,(H,23,27)/p+1/t14-/m1/s1. The van der Waals surface area contributed by atoms with Crippen LogP contribution in [0.25, 0.3) is 16.7 Å². The van der Waals surface area contributed by atoms with Gasteiger partial charge in [0, 0.05) is 32.0 Å². The molecule has 4 rings (SSSR count). The quantitative estimate of drug-likeness (QED) is 0.453. The molecule has 0 saturated carbocycles. The Morgan fingerprint density at radius 3 is 3.07 bits per heavy atom. The number of hydrogen-bond acceptors (Lipinski definition) is 6. The number of aromatic nitrogens is 3. The zero-order valence-corrected chi connectivity index (χ0v) is 17.2. The van der Waals surface area contributed by atoms with Gasteiger partial charge in [0.1, 0.15) is 10.9 Å². The lowest BCUT2D eigenvalue weighted by Gasteiger charge is -2.14. The average molecular weight is 412 g/mol. The number of methoxy groups -OCH3 is 1. The fraction of sp³-hybridized carbons (Fsp3) is 0.429. The maximum absolute atomic E-state index is 13.2. The molecule has 1 saturated heterocycles. The molecular weight excluding hydrogens is 386 g/mol. The van der Waals surface area contributed by atoms with Gasteiger partial charge in [-0.2, -0.15) is 0 Å². The number of pyridine rings is 2. The number of anilines is 1. The number of ether oxygens (including phenoxy) is 2. The number of nitrogens with zero attached hydrogens (tertiary/aromatic N) is 3. The summed E-state index contributed by atoms with van der Waals surface area (Å²) in [6.07, 6.45) is 3.59. The highest BCUT2D eigenvalue weighted by Crippen LogP contribution is 2.16. The smallest absolute Gasteiger partial charge is 0.278 e. The molecule has 0 radical (unpaired) electrons. The van der Waals surface area contributed by atoms with Crippen LogP contribution in [0.15, 0.2) is 29.2 Å². The lowest BCUT2D eigenvalue weighted by molar-refractivity contribution is -0.660. The minimum absolute atomic E-state index is 0.00968. The number of nitrogens with two attached hydrogens (primary N) is 1. The molecule has 0 spiro atoms. The van der Waals surface area contributed by atoms with E-state index in [0.29, 0.717) is 43.0 Å². The van der Waals surface area contributed by atoms with Gasteiger partial charge in [-0.15, -0.1) is 0 Å². The van der Waals surface area contributed by atoms with E-state index in [9.17, 15) is 9.59 Å². The van der Waals surface area contributed by atoms with Crippen molar-refractivity contribution in [3.63, 3.8) is 0 Å². The first-order valence-corrected chi connectivity index (χ1v) is 10.0. The fourth-order valence-electron chi connectivity index (χ4n) is 3.81. The zero-order chi connectivity index (χ0) is 21.3. The highest BCUT2D eigenvalue weighted by atomic mass is 16.5. The van der Waals surface area contributed by atoms with Crippen molar-refractivity contribution >= 4 is 28.4 Å². The first-order valence-electron chi connectivity index (χ1n) is 10.0. The molecule has 1 atom stereocenters. The third-order valence-corrected chi connectivity index (χ3v) is 5.45. The van der Waals surface area contributed by atoms with Gasteiger partial charge in [-0.3, -0.25) is 14.0 Å². The molecule has 0 bridgehead atoms. The van der Waals surface area contributed by atoms with Crippen molar-refractivity contribution < 1.29 is 18.8 Å². The summed E-state index contributed by atoms with van der Waals surface area (Å²) in [6, 6.07) is 5.22. The maximum Gasteiger partial charge on any atom is 0.278 e. The SMILES string of the molecule is COCC[n+]1c(N)c(C(=O)NC[C@H]2CCCO2)cc2c(=O)n3cccc(C)c3nc21. The van der Waals surface area contributed by atoms with Crippen molar-refractivity contribution in [1.82, 2.24) is 14.7 Å². The second kappa shape index (κ2) is 8.37. The molecule has 1 amide bonds. The van der Waals surface area contributed by atoms with Crippen LogP contribution in [-0.4, -0.2) is 48.3 Å². The second-order valence-electron chi connectivity index (χ2n) is 7.47. The van der Waals surface area contributed by atoms with E-state index < -0.39 is 0 Å². The van der Waals surface area contributed by atoms with Gasteiger partial charge >= 0.3 is 0 Å². The number of amides is 1. The molecule has 4 heterocycles. The van der Waals surface area contributed by atoms with Crippen LogP contribution in [0, 0.1) is 6.92 Å². The Balaban J connectivity index is 1.85. The molecule has 3 aromatic rings. The second-order valence-corrected chi connectivity index (χ2v) is 7.47. The zero-order valence-electron chi connectivity index (χ0n) is 17.2. The van der Waals surface area contributed by atoms with Crippen molar-refractivity contribution in [3.05, 3.63) is 45.9 Å². The van der Waals surface area contributed by atoms with Gasteiger partial charge < -0.3 is 20.5 Å². The van der Waals surface area contributed by atoms with E-state index in [4.69, 9.17) is 20.2 Å². The molecule has 3 aromatic heterocycles. The summed E-state index contributed by atoms with van der Waals surface area (Å²) in [5.41, 5.74) is 8.21. The molecule has 9 heteroatoms. The van der Waals surface area contributed by atoms with Crippen LogP contribution < -0.4 is 21.2 Å². The predicted molar refractivity (Wildman–Crippen MR) is 111 cm³/mol. The van der Waals surface area contributed by atoms with Crippen molar-refractivity contribution in [2.45, 2.75) is 32.4 Å². The van der Waals surface area contributed by atoms with E-state index in [-0.39, 0.29) is 29.0 Å². The molecule has 1 aliphatic rings. The van der Waals surface area contributed by atoms with Crippen LogP contribution >= 0.6 is 0 Å². The average Bonchev–Trinajstić information content (AvgIpc) is 3.26. The number of carbonyl (C=O) groups excluding carboxylic acids is 1. The molecule has 30 heavy (non-hydrogen) atoms.